The van der Waals surface area contributed by atoms with Gasteiger partial charge in [0, 0.05) is 36.8 Å². The van der Waals surface area contributed by atoms with Crippen molar-refractivity contribution in [3.63, 3.8) is 0 Å². The Morgan fingerprint density at radius 2 is 1.91 bits per heavy atom. The molecular weight excluding hydrogens is 412 g/mol. The summed E-state index contributed by atoms with van der Waals surface area (Å²) in [6.07, 6.45) is 10.3. The number of aliphatic hydroxyl groups is 1. The van der Waals surface area contributed by atoms with Crippen molar-refractivity contribution < 1.29 is 10.2 Å². The number of nitrogens with zero attached hydrogens (tertiary/aromatic N) is 4. The van der Waals surface area contributed by atoms with Gasteiger partial charge >= 0.3 is 0 Å². The summed E-state index contributed by atoms with van der Waals surface area (Å²) < 4.78 is 2.04. The molecule has 33 heavy (non-hydrogen) atoms. The van der Waals surface area contributed by atoms with Gasteiger partial charge in [-0.3, -0.25) is 14.5 Å². The average Bonchev–Trinajstić information content (AvgIpc) is 3.51. The molecule has 1 aromatic heterocycles. The number of hydrogen-bond acceptors (Lipinski definition) is 5. The standard InChI is InChI=1S/C27H38N4O2/c1-19-16-28-31(17-19)12-11-29-9-7-26-8-10-30(18-21-3-4-21)25(27(26,33)15-20(29)2)13-22-5-6-23(32)14-24(22)26/h5-6,14,16-17,20-21,25,32-33H,3-4,7-13,15,18H2,1-2H3/t20?,25-,26+,27-/m1/s1. The zero-order valence-electron chi connectivity index (χ0n) is 20.1. The molecule has 2 N–H and O–H groups in total. The minimum atomic E-state index is -0.766. The maximum Gasteiger partial charge on any atom is 0.115 e. The van der Waals surface area contributed by atoms with Crippen LogP contribution in [0.4, 0.5) is 0 Å². The number of aromatic nitrogens is 2. The molecule has 0 radical (unpaired) electrons. The minimum absolute atomic E-state index is 0.167. The molecule has 0 amide bonds. The van der Waals surface area contributed by atoms with Gasteiger partial charge < -0.3 is 10.2 Å². The second-order valence-electron chi connectivity index (χ2n) is 11.4. The van der Waals surface area contributed by atoms with Crippen LogP contribution >= 0.6 is 0 Å². The lowest BCUT2D eigenvalue weighted by Gasteiger charge is -2.62. The normalized spacial score (nSPS) is 34.5. The number of fused-ring (bicyclic) bond motifs is 1. The summed E-state index contributed by atoms with van der Waals surface area (Å²) in [5.74, 6) is 1.15. The Kier molecular flexibility index (Phi) is 5.13. The molecule has 178 valence electrons. The number of aromatic hydroxyl groups is 1. The van der Waals surface area contributed by atoms with Crippen LogP contribution in [-0.4, -0.2) is 73.7 Å². The minimum Gasteiger partial charge on any atom is -0.508 e. The number of aryl methyl sites for hydroxylation is 1. The Bertz CT molecular complexity index is 1030. The Hall–Kier alpha value is -1.89. The van der Waals surface area contributed by atoms with Crippen LogP contribution in [0.25, 0.3) is 0 Å². The van der Waals surface area contributed by atoms with Crippen LogP contribution in [0.1, 0.15) is 55.7 Å². The van der Waals surface area contributed by atoms with E-state index in [1.807, 2.05) is 23.0 Å². The van der Waals surface area contributed by atoms with Crippen LogP contribution in [0.3, 0.4) is 0 Å². The van der Waals surface area contributed by atoms with E-state index in [1.54, 1.807) is 0 Å². The summed E-state index contributed by atoms with van der Waals surface area (Å²) >= 11 is 0. The van der Waals surface area contributed by atoms with Gasteiger partial charge in [0.05, 0.1) is 18.3 Å². The molecule has 3 heterocycles. The van der Waals surface area contributed by atoms with Gasteiger partial charge in [-0.1, -0.05) is 6.07 Å². The highest BCUT2D eigenvalue weighted by Crippen LogP contribution is 2.57. The first-order valence-corrected chi connectivity index (χ1v) is 12.9. The predicted molar refractivity (Wildman–Crippen MR) is 128 cm³/mol. The van der Waals surface area contributed by atoms with Gasteiger partial charge in [-0.15, -0.1) is 0 Å². The van der Waals surface area contributed by atoms with Crippen LogP contribution < -0.4 is 0 Å². The molecule has 2 aliphatic carbocycles. The van der Waals surface area contributed by atoms with Crippen molar-refractivity contribution in [1.82, 2.24) is 19.6 Å². The molecule has 0 spiro atoms. The fraction of sp³-hybridized carbons (Fsp3) is 0.667. The Labute approximate surface area is 197 Å². The zero-order valence-corrected chi connectivity index (χ0v) is 20.1. The molecule has 1 aromatic carbocycles. The topological polar surface area (TPSA) is 64.8 Å². The highest BCUT2D eigenvalue weighted by Gasteiger charge is 2.64. The molecule has 6 heteroatoms. The lowest BCUT2D eigenvalue weighted by molar-refractivity contribution is -0.152. The molecule has 4 aliphatic rings. The third kappa shape index (κ3) is 3.53. The van der Waals surface area contributed by atoms with E-state index in [4.69, 9.17) is 0 Å². The lowest BCUT2D eigenvalue weighted by atomic mass is 9.52. The van der Waals surface area contributed by atoms with E-state index in [2.05, 4.69) is 41.0 Å². The SMILES string of the molecule is Cc1cnn(CCN2CC[C@]34CCN(CC5CC5)[C@H](Cc5ccc(O)cc53)[C@]4(O)CC2C)c1. The summed E-state index contributed by atoms with van der Waals surface area (Å²) in [7, 11) is 0. The van der Waals surface area contributed by atoms with Crippen molar-refractivity contribution in [2.24, 2.45) is 5.92 Å². The summed E-state index contributed by atoms with van der Waals surface area (Å²) in [5.41, 5.74) is 2.69. The van der Waals surface area contributed by atoms with Crippen LogP contribution in [0.2, 0.25) is 0 Å². The van der Waals surface area contributed by atoms with E-state index in [9.17, 15) is 10.2 Å². The van der Waals surface area contributed by atoms with E-state index in [-0.39, 0.29) is 11.5 Å². The van der Waals surface area contributed by atoms with Gasteiger partial charge in [0.15, 0.2) is 0 Å². The van der Waals surface area contributed by atoms with Crippen LogP contribution in [0.15, 0.2) is 30.6 Å². The highest BCUT2D eigenvalue weighted by atomic mass is 16.3. The smallest absolute Gasteiger partial charge is 0.115 e. The number of benzene rings is 1. The molecule has 2 saturated heterocycles. The van der Waals surface area contributed by atoms with Crippen molar-refractivity contribution in [2.75, 3.05) is 26.2 Å². The van der Waals surface area contributed by atoms with Crippen LogP contribution in [0, 0.1) is 12.8 Å². The zero-order chi connectivity index (χ0) is 22.8. The number of phenols is 1. The van der Waals surface area contributed by atoms with Crippen molar-refractivity contribution in [3.8, 4) is 5.75 Å². The molecule has 2 aliphatic heterocycles. The molecule has 4 atom stereocenters. The molecule has 3 fully saturated rings. The van der Waals surface area contributed by atoms with E-state index in [0.29, 0.717) is 11.8 Å². The maximum absolute atomic E-state index is 12.7. The first-order valence-electron chi connectivity index (χ1n) is 12.9. The lowest BCUT2D eigenvalue weighted by Crippen LogP contribution is -2.71. The molecule has 6 rings (SSSR count). The molecular formula is C27H38N4O2. The summed E-state index contributed by atoms with van der Waals surface area (Å²) in [6, 6.07) is 6.39. The number of phenolic OH excluding ortho intramolecular Hbond substituents is 1. The van der Waals surface area contributed by atoms with Crippen molar-refractivity contribution in [1.29, 1.82) is 0 Å². The van der Waals surface area contributed by atoms with Crippen molar-refractivity contribution in [2.45, 2.75) is 82.0 Å². The molecule has 6 nitrogen and oxygen atoms in total. The van der Waals surface area contributed by atoms with Crippen LogP contribution in [-0.2, 0) is 18.4 Å². The number of hydrogen-bond donors (Lipinski definition) is 2. The fourth-order valence-electron chi connectivity index (χ4n) is 7.33. The second kappa shape index (κ2) is 7.82. The first kappa shape index (κ1) is 21.6. The third-order valence-electron chi connectivity index (χ3n) is 9.29. The first-order chi connectivity index (χ1) is 15.9. The summed E-state index contributed by atoms with van der Waals surface area (Å²) in [4.78, 5) is 5.19. The van der Waals surface area contributed by atoms with Gasteiger partial charge in [-0.2, -0.15) is 5.10 Å². The third-order valence-corrected chi connectivity index (χ3v) is 9.29. The van der Waals surface area contributed by atoms with Gasteiger partial charge in [-0.05, 0) is 100 Å². The highest BCUT2D eigenvalue weighted by molar-refractivity contribution is 5.48. The monoisotopic (exact) mass is 450 g/mol. The van der Waals surface area contributed by atoms with E-state index >= 15 is 0 Å². The molecule has 1 unspecified atom stereocenters. The largest absolute Gasteiger partial charge is 0.508 e. The van der Waals surface area contributed by atoms with Gasteiger partial charge in [0.1, 0.15) is 5.75 Å². The Balaban J connectivity index is 1.34. The van der Waals surface area contributed by atoms with Gasteiger partial charge in [0.25, 0.3) is 0 Å². The number of piperidine rings is 1. The predicted octanol–water partition coefficient (Wildman–Crippen LogP) is 3.09. The Morgan fingerprint density at radius 1 is 1.12 bits per heavy atom. The summed E-state index contributed by atoms with van der Waals surface area (Å²) in [5, 5.41) is 27.6. The van der Waals surface area contributed by atoms with Gasteiger partial charge in [0.2, 0.25) is 0 Å². The molecule has 2 bridgehead atoms. The molecule has 1 saturated carbocycles. The summed E-state index contributed by atoms with van der Waals surface area (Å²) in [6.45, 7) is 9.35. The van der Waals surface area contributed by atoms with Crippen molar-refractivity contribution in [3.05, 3.63) is 47.3 Å². The maximum atomic E-state index is 12.7. The fourth-order valence-corrected chi connectivity index (χ4v) is 7.33. The van der Waals surface area contributed by atoms with E-state index in [0.717, 1.165) is 64.3 Å². The average molecular weight is 451 g/mol. The number of rotatable bonds is 5. The van der Waals surface area contributed by atoms with Gasteiger partial charge in [-0.25, -0.2) is 0 Å². The Morgan fingerprint density at radius 3 is 2.64 bits per heavy atom. The van der Waals surface area contributed by atoms with Crippen LogP contribution in [0.5, 0.6) is 5.75 Å². The quantitative estimate of drug-likeness (QED) is 0.733. The van der Waals surface area contributed by atoms with E-state index in [1.165, 1.54) is 29.5 Å². The van der Waals surface area contributed by atoms with E-state index < -0.39 is 5.60 Å². The van der Waals surface area contributed by atoms with Crippen molar-refractivity contribution >= 4 is 0 Å². The second-order valence-corrected chi connectivity index (χ2v) is 11.4. The molecule has 2 aromatic rings. The number of likely N-dealkylation sites (tertiary alicyclic amines) is 2.